The van der Waals surface area contributed by atoms with Crippen LogP contribution in [0.2, 0.25) is 0 Å². The molecule has 0 aliphatic heterocycles. The Balaban J connectivity index is -0.00000000667. The summed E-state index contributed by atoms with van der Waals surface area (Å²) >= 11 is 9.53. The first-order valence-corrected chi connectivity index (χ1v) is 1.60. The summed E-state index contributed by atoms with van der Waals surface area (Å²) in [7, 11) is 0. The average molecular weight is 180 g/mol. The van der Waals surface area contributed by atoms with Gasteiger partial charge in [-0.15, -0.1) is 23.2 Å². The third-order valence-electron chi connectivity index (χ3n) is 0. The van der Waals surface area contributed by atoms with E-state index in [1.165, 1.54) is 0 Å². The third-order valence-corrected chi connectivity index (χ3v) is 0. The van der Waals surface area contributed by atoms with E-state index in [0.717, 1.165) is 0 Å². The minimum Gasteiger partial charge on any atom is -0.358 e. The summed E-state index contributed by atoms with van der Waals surface area (Å²) in [5.74, 6) is 0. The zero-order valence-electron chi connectivity index (χ0n) is 4.17. The van der Waals surface area contributed by atoms with E-state index in [1.807, 2.05) is 0 Å². The van der Waals surface area contributed by atoms with E-state index in [4.69, 9.17) is 23.2 Å². The van der Waals surface area contributed by atoms with Crippen molar-refractivity contribution in [3.05, 3.63) is 14.9 Å². The Morgan fingerprint density at radius 3 is 1.00 bits per heavy atom. The van der Waals surface area contributed by atoms with Crippen LogP contribution < -0.4 is 0 Å². The Labute approximate surface area is 63.0 Å². The molecule has 0 fully saturated rings. The van der Waals surface area contributed by atoms with Gasteiger partial charge >= 0.3 is 19.5 Å². The normalized spacial score (nSPS) is 3.00. The Hall–Kier alpha value is 1.20. The zero-order chi connectivity index (χ0) is 2.71. The van der Waals surface area contributed by atoms with E-state index in [1.54, 1.807) is 0 Å². The second-order valence-corrected chi connectivity index (χ2v) is 0.909. The Bertz CT molecular complexity index is 8.75. The maximum absolute atomic E-state index is 4.76. The summed E-state index contributed by atoms with van der Waals surface area (Å²) in [5.41, 5.74) is 0. The van der Waals surface area contributed by atoms with Crippen LogP contribution in [0.15, 0.2) is 0 Å². The minimum absolute atomic E-state index is 0. The number of alkyl halides is 2. The summed E-state index contributed by atoms with van der Waals surface area (Å²) in [6.45, 7) is 0. The molecule has 36 valence electrons. The van der Waals surface area contributed by atoms with Crippen LogP contribution >= 0.6 is 23.2 Å². The van der Waals surface area contributed by atoms with Gasteiger partial charge < -0.3 is 14.9 Å². The molecule has 0 atom stereocenters. The monoisotopic (exact) mass is 178 g/mol. The van der Waals surface area contributed by atoms with Gasteiger partial charge in [0.15, 0.2) is 0 Å². The van der Waals surface area contributed by atoms with Crippen LogP contribution in [0.5, 0.6) is 0 Å². The van der Waals surface area contributed by atoms with Crippen LogP contribution in [-0.4, -0.2) is 5.34 Å². The van der Waals surface area contributed by atoms with Gasteiger partial charge in [0.05, 0.1) is 5.34 Å². The van der Waals surface area contributed by atoms with Crippen LogP contribution in [0.25, 0.3) is 0 Å². The van der Waals surface area contributed by atoms with E-state index in [0.29, 0.717) is 0 Å². The predicted molar refractivity (Wildman–Crippen MR) is 29.4 cm³/mol. The van der Waals surface area contributed by atoms with Crippen molar-refractivity contribution >= 4 is 23.2 Å². The zero-order valence-corrected chi connectivity index (χ0v) is 8.65. The van der Waals surface area contributed by atoms with Crippen molar-refractivity contribution in [1.29, 1.82) is 0 Å². The summed E-state index contributed by atoms with van der Waals surface area (Å²) in [4.78, 5) is 0. The van der Waals surface area contributed by atoms with Gasteiger partial charge in [0, 0.05) is 0 Å². The van der Waals surface area contributed by atoms with Gasteiger partial charge in [-0.25, -0.2) is 0 Å². The third kappa shape index (κ3) is 63.5. The first-order valence-electron chi connectivity index (χ1n) is 0.535. The molecule has 0 saturated heterocycles. The fourth-order valence-electron chi connectivity index (χ4n) is 0. The van der Waals surface area contributed by atoms with Crippen molar-refractivity contribution in [2.45, 2.75) is 0 Å². The van der Waals surface area contributed by atoms with E-state index in [2.05, 4.69) is 0 Å². The molecule has 0 aromatic heterocycles. The molecule has 0 bridgehead atoms. The second kappa shape index (κ2) is 34.6. The molecular weight excluding hydrogens is 172 g/mol. The van der Waals surface area contributed by atoms with Crippen molar-refractivity contribution in [2.24, 2.45) is 0 Å². The molecule has 0 saturated carbocycles. The van der Waals surface area contributed by atoms with Gasteiger partial charge in [0.2, 0.25) is 0 Å². The molecule has 0 rings (SSSR count). The van der Waals surface area contributed by atoms with E-state index < -0.39 is 0 Å². The van der Waals surface area contributed by atoms with Crippen molar-refractivity contribution in [2.75, 3.05) is 5.34 Å². The first-order chi connectivity index (χ1) is 1.41. The predicted octanol–water partition coefficient (Wildman–Crippen LogP) is 2.32. The largest absolute Gasteiger partial charge is 2.00 e. The molecule has 6 heavy (non-hydrogen) atoms. The molecule has 0 nitrogen and oxygen atoms in total. The van der Waals surface area contributed by atoms with Crippen molar-refractivity contribution in [3.8, 4) is 0 Å². The quantitative estimate of drug-likeness (QED) is 0.305. The number of hydrogen-bond donors (Lipinski definition) is 0. The molecule has 0 unspecified atom stereocenters. The van der Waals surface area contributed by atoms with Gasteiger partial charge in [-0.3, -0.25) is 0 Å². The molecular formula is C3H8Cl2Zn. The molecule has 0 aliphatic carbocycles. The van der Waals surface area contributed by atoms with Gasteiger partial charge in [-0.1, -0.05) is 0 Å². The van der Waals surface area contributed by atoms with E-state index in [-0.39, 0.29) is 39.7 Å². The fourth-order valence-corrected chi connectivity index (χ4v) is 0. The van der Waals surface area contributed by atoms with Gasteiger partial charge in [0.25, 0.3) is 0 Å². The maximum atomic E-state index is 4.76. The first kappa shape index (κ1) is 27.0. The average Bonchev–Trinajstić information content (AvgIpc) is 0.918. The fraction of sp³-hybridized carbons (Fsp3) is 0.333. The standard InChI is InChI=1S/CH2Cl2.2CH3.Zn/c2-1-3;;;/h1H2;2*1H3;/q;2*-1;+2. The molecule has 0 aromatic rings. The molecule has 0 N–H and O–H groups in total. The summed E-state index contributed by atoms with van der Waals surface area (Å²) in [6.07, 6.45) is 0. The Morgan fingerprint density at radius 1 is 1.00 bits per heavy atom. The molecule has 0 aliphatic rings. The molecule has 0 radical (unpaired) electrons. The van der Waals surface area contributed by atoms with Crippen LogP contribution in [0.3, 0.4) is 0 Å². The maximum Gasteiger partial charge on any atom is 2.00 e. The summed E-state index contributed by atoms with van der Waals surface area (Å²) in [6, 6.07) is 0. The Kier molecular flexibility index (Phi) is 156. The Morgan fingerprint density at radius 2 is 1.00 bits per heavy atom. The van der Waals surface area contributed by atoms with Crippen molar-refractivity contribution < 1.29 is 19.5 Å². The van der Waals surface area contributed by atoms with E-state index in [9.17, 15) is 0 Å². The molecule has 0 heterocycles. The van der Waals surface area contributed by atoms with Crippen LogP contribution in [0.4, 0.5) is 0 Å². The van der Waals surface area contributed by atoms with E-state index >= 15 is 0 Å². The van der Waals surface area contributed by atoms with Gasteiger partial charge in [-0.2, -0.15) is 0 Å². The van der Waals surface area contributed by atoms with Crippen molar-refractivity contribution in [1.82, 2.24) is 0 Å². The molecule has 0 amide bonds. The van der Waals surface area contributed by atoms with Gasteiger partial charge in [0.1, 0.15) is 0 Å². The summed E-state index contributed by atoms with van der Waals surface area (Å²) in [5, 5.41) is 0.194. The van der Waals surface area contributed by atoms with Crippen LogP contribution in [0, 0.1) is 14.9 Å². The minimum atomic E-state index is 0. The number of halogens is 2. The molecule has 3 heteroatoms. The van der Waals surface area contributed by atoms with Gasteiger partial charge in [-0.05, 0) is 0 Å². The number of hydrogen-bond acceptors (Lipinski definition) is 0. The topological polar surface area (TPSA) is 0 Å². The smallest absolute Gasteiger partial charge is 0.358 e. The molecule has 0 spiro atoms. The van der Waals surface area contributed by atoms with Crippen LogP contribution in [-0.2, 0) is 19.5 Å². The van der Waals surface area contributed by atoms with Crippen molar-refractivity contribution in [3.63, 3.8) is 0 Å². The number of rotatable bonds is 0. The molecule has 0 aromatic carbocycles. The SMILES string of the molecule is ClCCl.[CH3-].[CH3-].[Zn+2]. The second-order valence-electron chi connectivity index (χ2n) is 0.101. The summed E-state index contributed by atoms with van der Waals surface area (Å²) < 4.78 is 0. The van der Waals surface area contributed by atoms with Crippen LogP contribution in [0.1, 0.15) is 0 Å².